The van der Waals surface area contributed by atoms with Gasteiger partial charge in [-0.2, -0.15) is 13.2 Å². The fourth-order valence-electron chi connectivity index (χ4n) is 1.00. The van der Waals surface area contributed by atoms with Gasteiger partial charge in [-0.15, -0.1) is 13.2 Å². The van der Waals surface area contributed by atoms with Crippen LogP contribution in [-0.4, -0.2) is 11.9 Å². The van der Waals surface area contributed by atoms with Gasteiger partial charge in [0.25, 0.3) is 0 Å². The molecule has 1 rings (SSSR count). The zero-order chi connectivity index (χ0) is 14.1. The number of anilines is 1. The summed E-state index contributed by atoms with van der Waals surface area (Å²) in [6, 6.07) is 1.23. The highest BCUT2D eigenvalue weighted by molar-refractivity contribution is 8.00. The van der Waals surface area contributed by atoms with E-state index in [2.05, 4.69) is 4.74 Å². The van der Waals surface area contributed by atoms with Crippen molar-refractivity contribution in [2.45, 2.75) is 16.8 Å². The second-order valence-electron chi connectivity index (χ2n) is 2.92. The number of hydrogen-bond donors (Lipinski definition) is 1. The maximum absolute atomic E-state index is 12.1. The Labute approximate surface area is 106 Å². The van der Waals surface area contributed by atoms with Crippen molar-refractivity contribution in [1.82, 2.24) is 0 Å². The van der Waals surface area contributed by atoms with Gasteiger partial charge in [0.1, 0.15) is 5.75 Å². The fraction of sp³-hybridized carbons (Fsp3) is 0.250. The van der Waals surface area contributed by atoms with Crippen LogP contribution < -0.4 is 10.5 Å². The number of nitrogen functional groups attached to an aromatic ring is 1. The van der Waals surface area contributed by atoms with Crippen LogP contribution in [0, 0.1) is 0 Å². The van der Waals surface area contributed by atoms with Crippen LogP contribution in [0.1, 0.15) is 0 Å². The summed E-state index contributed by atoms with van der Waals surface area (Å²) in [5, 5.41) is -0.573. The SMILES string of the molecule is Nc1cc(OC(F)(F)F)cc(Cl)c1SC(F)(F)F. The highest BCUT2D eigenvalue weighted by Crippen LogP contribution is 2.45. The lowest BCUT2D eigenvalue weighted by Crippen LogP contribution is -2.17. The summed E-state index contributed by atoms with van der Waals surface area (Å²) in [7, 11) is 0. The van der Waals surface area contributed by atoms with E-state index in [0.29, 0.717) is 12.1 Å². The molecule has 0 unspecified atom stereocenters. The van der Waals surface area contributed by atoms with Crippen molar-refractivity contribution in [2.24, 2.45) is 0 Å². The van der Waals surface area contributed by atoms with Crippen LogP contribution in [0.4, 0.5) is 32.0 Å². The van der Waals surface area contributed by atoms with Gasteiger partial charge in [-0.05, 0) is 11.8 Å². The molecule has 102 valence electrons. The Morgan fingerprint density at radius 1 is 1.11 bits per heavy atom. The summed E-state index contributed by atoms with van der Waals surface area (Å²) in [6.07, 6.45) is -4.98. The molecule has 0 saturated carbocycles. The molecular formula is C8H4ClF6NOS. The topological polar surface area (TPSA) is 35.2 Å². The van der Waals surface area contributed by atoms with E-state index in [9.17, 15) is 26.3 Å². The van der Waals surface area contributed by atoms with E-state index in [1.165, 1.54) is 0 Å². The van der Waals surface area contributed by atoms with Crippen molar-refractivity contribution in [3.05, 3.63) is 17.2 Å². The van der Waals surface area contributed by atoms with Crippen LogP contribution in [0.5, 0.6) is 5.75 Å². The summed E-state index contributed by atoms with van der Waals surface area (Å²) < 4.78 is 75.5. The van der Waals surface area contributed by atoms with Crippen molar-refractivity contribution in [3.8, 4) is 5.75 Å². The number of benzene rings is 1. The maximum Gasteiger partial charge on any atom is 0.573 e. The Kier molecular flexibility index (Phi) is 4.16. The van der Waals surface area contributed by atoms with Crippen LogP contribution >= 0.6 is 23.4 Å². The molecule has 1 aromatic carbocycles. The molecule has 0 aliphatic heterocycles. The van der Waals surface area contributed by atoms with Gasteiger partial charge < -0.3 is 10.5 Å². The Balaban J connectivity index is 3.05. The maximum atomic E-state index is 12.1. The minimum atomic E-state index is -4.98. The molecular weight excluding hydrogens is 308 g/mol. The van der Waals surface area contributed by atoms with Gasteiger partial charge in [0.05, 0.1) is 15.6 Å². The molecule has 0 fully saturated rings. The average Bonchev–Trinajstić information content (AvgIpc) is 2.07. The second kappa shape index (κ2) is 4.96. The lowest BCUT2D eigenvalue weighted by atomic mass is 10.3. The van der Waals surface area contributed by atoms with E-state index in [-0.39, 0.29) is 0 Å². The number of hydrogen-bond acceptors (Lipinski definition) is 3. The van der Waals surface area contributed by atoms with Gasteiger partial charge in [-0.25, -0.2) is 0 Å². The minimum absolute atomic E-state index is 0.552. The first-order valence-corrected chi connectivity index (χ1v) is 5.28. The number of alkyl halides is 6. The van der Waals surface area contributed by atoms with Gasteiger partial charge in [0, 0.05) is 12.1 Å². The average molecular weight is 312 g/mol. The molecule has 0 saturated heterocycles. The monoisotopic (exact) mass is 311 g/mol. The Morgan fingerprint density at radius 2 is 1.67 bits per heavy atom. The number of halogens is 7. The molecule has 0 radical (unpaired) electrons. The molecule has 0 atom stereocenters. The fourth-order valence-corrected chi connectivity index (χ4v) is 1.90. The first-order valence-electron chi connectivity index (χ1n) is 4.08. The lowest BCUT2D eigenvalue weighted by Gasteiger charge is -2.13. The Hall–Kier alpha value is -0.960. The molecule has 1 aromatic rings. The molecule has 0 amide bonds. The van der Waals surface area contributed by atoms with E-state index in [1.807, 2.05) is 0 Å². The molecule has 10 heteroatoms. The highest BCUT2D eigenvalue weighted by atomic mass is 35.5. The summed E-state index contributed by atoms with van der Waals surface area (Å²) >= 11 is 4.81. The third kappa shape index (κ3) is 4.73. The zero-order valence-electron chi connectivity index (χ0n) is 8.19. The molecule has 0 heterocycles. The predicted octanol–water partition coefficient (Wildman–Crippen LogP) is 4.43. The summed E-state index contributed by atoms with van der Waals surface area (Å²) in [5.74, 6) is -0.781. The number of thioether (sulfide) groups is 1. The van der Waals surface area contributed by atoms with Crippen LogP contribution in [0.2, 0.25) is 5.02 Å². The zero-order valence-corrected chi connectivity index (χ0v) is 9.77. The largest absolute Gasteiger partial charge is 0.573 e. The third-order valence-corrected chi connectivity index (χ3v) is 2.80. The van der Waals surface area contributed by atoms with E-state index in [0.717, 1.165) is 0 Å². The second-order valence-corrected chi connectivity index (χ2v) is 4.40. The van der Waals surface area contributed by atoms with E-state index in [1.54, 1.807) is 0 Å². The first kappa shape index (κ1) is 15.1. The van der Waals surface area contributed by atoms with Crippen molar-refractivity contribution in [2.75, 3.05) is 5.73 Å². The van der Waals surface area contributed by atoms with Gasteiger partial charge in [-0.3, -0.25) is 0 Å². The molecule has 2 N–H and O–H groups in total. The molecule has 2 nitrogen and oxygen atoms in total. The van der Waals surface area contributed by atoms with Gasteiger partial charge >= 0.3 is 11.9 Å². The molecule has 0 bridgehead atoms. The molecule has 0 aromatic heterocycles. The van der Waals surface area contributed by atoms with Gasteiger partial charge in [-0.1, -0.05) is 11.6 Å². The Bertz CT molecular complexity index is 423. The molecule has 0 spiro atoms. The number of nitrogens with two attached hydrogens (primary N) is 1. The lowest BCUT2D eigenvalue weighted by molar-refractivity contribution is -0.274. The van der Waals surface area contributed by atoms with E-state index in [4.69, 9.17) is 17.3 Å². The quantitative estimate of drug-likeness (QED) is 0.498. The summed E-state index contributed by atoms with van der Waals surface area (Å²) in [5.41, 5.74) is -0.00482. The van der Waals surface area contributed by atoms with Crippen LogP contribution in [0.15, 0.2) is 17.0 Å². The highest BCUT2D eigenvalue weighted by Gasteiger charge is 2.34. The minimum Gasteiger partial charge on any atom is -0.406 e. The van der Waals surface area contributed by atoms with Gasteiger partial charge in [0.15, 0.2) is 0 Å². The van der Waals surface area contributed by atoms with Crippen LogP contribution in [-0.2, 0) is 0 Å². The van der Waals surface area contributed by atoms with Crippen molar-refractivity contribution in [3.63, 3.8) is 0 Å². The van der Waals surface area contributed by atoms with Crippen molar-refractivity contribution >= 4 is 29.1 Å². The normalized spacial score (nSPS) is 12.6. The van der Waals surface area contributed by atoms with E-state index >= 15 is 0 Å². The Morgan fingerprint density at radius 3 is 2.06 bits per heavy atom. The molecule has 0 aliphatic carbocycles. The van der Waals surface area contributed by atoms with Crippen molar-refractivity contribution in [1.29, 1.82) is 0 Å². The number of ether oxygens (including phenoxy) is 1. The molecule has 0 aliphatic rings. The summed E-state index contributed by atoms with van der Waals surface area (Å²) in [6.45, 7) is 0. The predicted molar refractivity (Wildman–Crippen MR) is 54.5 cm³/mol. The summed E-state index contributed by atoms with van der Waals surface area (Å²) in [4.78, 5) is -0.571. The van der Waals surface area contributed by atoms with Crippen LogP contribution in [0.25, 0.3) is 0 Å². The molecule has 18 heavy (non-hydrogen) atoms. The van der Waals surface area contributed by atoms with Crippen molar-refractivity contribution < 1.29 is 31.1 Å². The third-order valence-electron chi connectivity index (χ3n) is 1.50. The first-order chi connectivity index (χ1) is 7.98. The van der Waals surface area contributed by atoms with Gasteiger partial charge in [0.2, 0.25) is 0 Å². The van der Waals surface area contributed by atoms with E-state index < -0.39 is 45.0 Å². The smallest absolute Gasteiger partial charge is 0.406 e. The number of rotatable bonds is 2. The van der Waals surface area contributed by atoms with Crippen LogP contribution in [0.3, 0.4) is 0 Å². The standard InChI is InChI=1S/C8H4ClF6NOS/c9-4-1-3(17-7(10,11)12)2-5(16)6(4)18-8(13,14)15/h1-2H,16H2.